The number of aliphatic carboxylic acids is 1. The number of carboxylic acid groups (broad SMARTS) is 1. The van der Waals surface area contributed by atoms with E-state index in [0.717, 1.165) is 4.90 Å². The van der Waals surface area contributed by atoms with Crippen molar-refractivity contribution >= 4 is 33.6 Å². The summed E-state index contributed by atoms with van der Waals surface area (Å²) in [7, 11) is 0. The summed E-state index contributed by atoms with van der Waals surface area (Å²) in [5.74, 6) is 0.315. The molecule has 0 aromatic heterocycles. The Morgan fingerprint density at radius 3 is 2.74 bits per heavy atom. The quantitative estimate of drug-likeness (QED) is 0.832. The first kappa shape index (κ1) is 15.0. The van der Waals surface area contributed by atoms with Crippen LogP contribution in [-0.2, 0) is 4.79 Å². The Morgan fingerprint density at radius 1 is 1.53 bits per heavy atom. The standard InChI is InChI=1S/C12H10BrFN2O3/c1-2-6-16(7-10(17)18)12(19)15-11-8(13)4-3-5-9(11)14/h1,3-5H,6-7H2,(H,15,19)(H,17,18). The number of nitrogens with one attached hydrogen (secondary N) is 1. The average molecular weight is 329 g/mol. The number of amides is 2. The van der Waals surface area contributed by atoms with Crippen molar-refractivity contribution in [1.82, 2.24) is 4.90 Å². The number of para-hydroxylation sites is 1. The number of halogens is 2. The summed E-state index contributed by atoms with van der Waals surface area (Å²) in [6, 6.07) is 3.39. The highest BCUT2D eigenvalue weighted by molar-refractivity contribution is 9.10. The van der Waals surface area contributed by atoms with E-state index in [4.69, 9.17) is 11.5 Å². The normalized spacial score (nSPS) is 9.53. The topological polar surface area (TPSA) is 69.6 Å². The number of carbonyl (C=O) groups is 2. The molecule has 19 heavy (non-hydrogen) atoms. The van der Waals surface area contributed by atoms with Crippen molar-refractivity contribution in [2.24, 2.45) is 0 Å². The first-order valence-electron chi connectivity index (χ1n) is 5.11. The lowest BCUT2D eigenvalue weighted by atomic mass is 10.3. The first-order valence-corrected chi connectivity index (χ1v) is 5.90. The second kappa shape index (κ2) is 6.75. The maximum atomic E-state index is 13.5. The molecule has 0 heterocycles. The van der Waals surface area contributed by atoms with Crippen LogP contribution in [0.1, 0.15) is 0 Å². The van der Waals surface area contributed by atoms with Crippen LogP contribution in [0.3, 0.4) is 0 Å². The van der Waals surface area contributed by atoms with E-state index in [9.17, 15) is 14.0 Å². The summed E-state index contributed by atoms with van der Waals surface area (Å²) in [5.41, 5.74) is -0.0695. The fourth-order valence-electron chi connectivity index (χ4n) is 1.28. The number of anilines is 1. The Bertz CT molecular complexity index is 522. The van der Waals surface area contributed by atoms with E-state index in [1.807, 2.05) is 0 Å². The molecule has 2 amide bonds. The molecule has 1 rings (SSSR count). The van der Waals surface area contributed by atoms with Crippen LogP contribution in [0.15, 0.2) is 22.7 Å². The van der Waals surface area contributed by atoms with Crippen LogP contribution >= 0.6 is 15.9 Å². The van der Waals surface area contributed by atoms with E-state index >= 15 is 0 Å². The van der Waals surface area contributed by atoms with Gasteiger partial charge in [0, 0.05) is 4.47 Å². The fraction of sp³-hybridized carbons (Fsp3) is 0.167. The Hall–Kier alpha value is -2.07. The molecule has 2 N–H and O–H groups in total. The maximum Gasteiger partial charge on any atom is 0.323 e. The van der Waals surface area contributed by atoms with Crippen molar-refractivity contribution in [3.05, 3.63) is 28.5 Å². The maximum absolute atomic E-state index is 13.5. The minimum Gasteiger partial charge on any atom is -0.480 e. The largest absolute Gasteiger partial charge is 0.480 e. The van der Waals surface area contributed by atoms with Crippen molar-refractivity contribution in [3.63, 3.8) is 0 Å². The van der Waals surface area contributed by atoms with Gasteiger partial charge in [0.05, 0.1) is 12.2 Å². The molecule has 0 bridgehead atoms. The number of rotatable bonds is 4. The van der Waals surface area contributed by atoms with Crippen LogP contribution in [0.5, 0.6) is 0 Å². The molecule has 0 aliphatic carbocycles. The monoisotopic (exact) mass is 328 g/mol. The SMILES string of the molecule is C#CCN(CC(=O)O)C(=O)Nc1c(F)cccc1Br. The summed E-state index contributed by atoms with van der Waals surface area (Å²) < 4.78 is 13.8. The lowest BCUT2D eigenvalue weighted by Crippen LogP contribution is -2.39. The predicted octanol–water partition coefficient (Wildman–Crippen LogP) is 2.14. The van der Waals surface area contributed by atoms with Crippen LogP contribution in [-0.4, -0.2) is 35.1 Å². The molecular weight excluding hydrogens is 319 g/mol. The molecule has 0 atom stereocenters. The molecule has 1 aromatic carbocycles. The molecule has 0 radical (unpaired) electrons. The third kappa shape index (κ3) is 4.26. The smallest absolute Gasteiger partial charge is 0.323 e. The van der Waals surface area contributed by atoms with Gasteiger partial charge in [-0.2, -0.15) is 0 Å². The van der Waals surface area contributed by atoms with Gasteiger partial charge in [-0.15, -0.1) is 6.42 Å². The third-order valence-electron chi connectivity index (χ3n) is 2.09. The lowest BCUT2D eigenvalue weighted by molar-refractivity contribution is -0.137. The number of terminal acetylenes is 1. The van der Waals surface area contributed by atoms with Gasteiger partial charge in [-0.3, -0.25) is 4.79 Å². The van der Waals surface area contributed by atoms with Gasteiger partial charge in [0.1, 0.15) is 12.4 Å². The number of carboxylic acids is 1. The van der Waals surface area contributed by atoms with Crippen molar-refractivity contribution < 1.29 is 19.1 Å². The Labute approximate surface area is 117 Å². The highest BCUT2D eigenvalue weighted by Crippen LogP contribution is 2.25. The van der Waals surface area contributed by atoms with Crippen molar-refractivity contribution in [3.8, 4) is 12.3 Å². The summed E-state index contributed by atoms with van der Waals surface area (Å²) in [6.45, 7) is -0.758. The second-order valence-electron chi connectivity index (χ2n) is 3.48. The first-order chi connectivity index (χ1) is 8.95. The second-order valence-corrected chi connectivity index (χ2v) is 4.34. The minimum absolute atomic E-state index is 0.0695. The van der Waals surface area contributed by atoms with Crippen LogP contribution in [0.2, 0.25) is 0 Å². The molecule has 0 spiro atoms. The number of carbonyl (C=O) groups excluding carboxylic acids is 1. The lowest BCUT2D eigenvalue weighted by Gasteiger charge is -2.19. The highest BCUT2D eigenvalue weighted by Gasteiger charge is 2.18. The van der Waals surface area contributed by atoms with Crippen LogP contribution in [0.4, 0.5) is 14.9 Å². The molecule has 0 saturated carbocycles. The van der Waals surface area contributed by atoms with E-state index in [1.165, 1.54) is 12.1 Å². The third-order valence-corrected chi connectivity index (χ3v) is 2.75. The predicted molar refractivity (Wildman–Crippen MR) is 71.2 cm³/mol. The van der Waals surface area contributed by atoms with Gasteiger partial charge < -0.3 is 15.3 Å². The molecule has 0 saturated heterocycles. The molecule has 0 fully saturated rings. The Morgan fingerprint density at radius 2 is 2.21 bits per heavy atom. The van der Waals surface area contributed by atoms with E-state index < -0.39 is 24.4 Å². The van der Waals surface area contributed by atoms with Crippen LogP contribution in [0.25, 0.3) is 0 Å². The summed E-state index contributed by atoms with van der Waals surface area (Å²) in [6.07, 6.45) is 5.05. The number of hydrogen-bond acceptors (Lipinski definition) is 2. The number of nitrogens with zero attached hydrogens (tertiary/aromatic N) is 1. The molecule has 5 nitrogen and oxygen atoms in total. The van der Waals surface area contributed by atoms with E-state index in [2.05, 4.69) is 27.2 Å². The van der Waals surface area contributed by atoms with Crippen molar-refractivity contribution in [2.45, 2.75) is 0 Å². The molecule has 0 unspecified atom stereocenters. The number of benzene rings is 1. The summed E-state index contributed by atoms with van der Waals surface area (Å²) >= 11 is 3.08. The summed E-state index contributed by atoms with van der Waals surface area (Å²) in [4.78, 5) is 23.3. The highest BCUT2D eigenvalue weighted by atomic mass is 79.9. The number of hydrogen-bond donors (Lipinski definition) is 2. The zero-order valence-corrected chi connectivity index (χ0v) is 11.3. The molecular formula is C12H10BrFN2O3. The zero-order valence-electron chi connectivity index (χ0n) is 9.69. The molecule has 1 aromatic rings. The van der Waals surface area contributed by atoms with Gasteiger partial charge in [0.25, 0.3) is 0 Å². The van der Waals surface area contributed by atoms with E-state index in [-0.39, 0.29) is 12.2 Å². The molecule has 100 valence electrons. The summed E-state index contributed by atoms with van der Waals surface area (Å²) in [5, 5.41) is 10.9. The van der Waals surface area contributed by atoms with Gasteiger partial charge in [-0.25, -0.2) is 9.18 Å². The Kier molecular flexibility index (Phi) is 5.33. The van der Waals surface area contributed by atoms with Gasteiger partial charge in [0.15, 0.2) is 0 Å². The van der Waals surface area contributed by atoms with Crippen molar-refractivity contribution in [1.29, 1.82) is 0 Å². The van der Waals surface area contributed by atoms with Crippen LogP contribution < -0.4 is 5.32 Å². The Balaban J connectivity index is 2.87. The zero-order chi connectivity index (χ0) is 14.4. The number of urea groups is 1. The fourth-order valence-corrected chi connectivity index (χ4v) is 1.72. The minimum atomic E-state index is -1.21. The molecule has 0 aliphatic rings. The van der Waals surface area contributed by atoms with Gasteiger partial charge in [-0.1, -0.05) is 12.0 Å². The van der Waals surface area contributed by atoms with Gasteiger partial charge in [0.2, 0.25) is 0 Å². The molecule has 0 aliphatic heterocycles. The van der Waals surface area contributed by atoms with Crippen molar-refractivity contribution in [2.75, 3.05) is 18.4 Å². The van der Waals surface area contributed by atoms with Gasteiger partial charge in [-0.05, 0) is 28.1 Å². The van der Waals surface area contributed by atoms with E-state index in [0.29, 0.717) is 4.47 Å². The van der Waals surface area contributed by atoms with Gasteiger partial charge >= 0.3 is 12.0 Å². The molecule has 7 heteroatoms. The van der Waals surface area contributed by atoms with E-state index in [1.54, 1.807) is 6.07 Å². The van der Waals surface area contributed by atoms with Crippen LogP contribution in [0, 0.1) is 18.2 Å². The average Bonchev–Trinajstić information content (AvgIpc) is 2.32.